The maximum absolute atomic E-state index is 8.79. The van der Waals surface area contributed by atoms with E-state index in [1.54, 1.807) is 4.90 Å². The van der Waals surface area contributed by atoms with Crippen molar-refractivity contribution in [2.75, 3.05) is 30.3 Å². The van der Waals surface area contributed by atoms with E-state index in [-0.39, 0.29) is 17.8 Å². The second-order valence-electron chi connectivity index (χ2n) is 2.57. The Hall–Kier alpha value is -1.14. The standard InChI is InChI=1S/C7H12ClN5O/c1-2-13(3-4-14)7-11-5(8)10-6(9)12-7/h14H,2-4H2,1H3,(H2,9,10,11,12). The van der Waals surface area contributed by atoms with Crippen molar-refractivity contribution in [3.8, 4) is 0 Å². The van der Waals surface area contributed by atoms with Crippen LogP contribution in [-0.2, 0) is 0 Å². The molecule has 1 aromatic heterocycles. The number of aliphatic hydroxyl groups excluding tert-OH is 1. The first-order valence-electron chi connectivity index (χ1n) is 4.20. The molecule has 0 unspecified atom stereocenters. The highest BCUT2D eigenvalue weighted by Crippen LogP contribution is 2.11. The van der Waals surface area contributed by atoms with Crippen molar-refractivity contribution < 1.29 is 5.11 Å². The lowest BCUT2D eigenvalue weighted by Gasteiger charge is -2.19. The first-order valence-corrected chi connectivity index (χ1v) is 4.58. The van der Waals surface area contributed by atoms with E-state index in [1.165, 1.54) is 0 Å². The van der Waals surface area contributed by atoms with Crippen LogP contribution in [0, 0.1) is 0 Å². The molecule has 1 rings (SSSR count). The molecule has 0 radical (unpaired) electrons. The van der Waals surface area contributed by atoms with Gasteiger partial charge in [0.1, 0.15) is 0 Å². The minimum atomic E-state index is 0.0248. The van der Waals surface area contributed by atoms with Gasteiger partial charge in [0.05, 0.1) is 6.61 Å². The fraction of sp³-hybridized carbons (Fsp3) is 0.571. The monoisotopic (exact) mass is 217 g/mol. The number of nitrogens with zero attached hydrogens (tertiary/aromatic N) is 4. The molecule has 0 bridgehead atoms. The molecule has 0 aliphatic rings. The van der Waals surface area contributed by atoms with Gasteiger partial charge in [-0.25, -0.2) is 0 Å². The van der Waals surface area contributed by atoms with Crippen LogP contribution in [0.1, 0.15) is 6.92 Å². The highest BCUT2D eigenvalue weighted by Gasteiger charge is 2.09. The Morgan fingerprint density at radius 2 is 2.14 bits per heavy atom. The van der Waals surface area contributed by atoms with Gasteiger partial charge < -0.3 is 15.7 Å². The van der Waals surface area contributed by atoms with Crippen LogP contribution >= 0.6 is 11.6 Å². The summed E-state index contributed by atoms with van der Waals surface area (Å²) in [5.74, 6) is 0.468. The lowest BCUT2D eigenvalue weighted by molar-refractivity contribution is 0.301. The quantitative estimate of drug-likeness (QED) is 0.734. The SMILES string of the molecule is CCN(CCO)c1nc(N)nc(Cl)n1. The number of hydrogen-bond acceptors (Lipinski definition) is 6. The predicted molar refractivity (Wildman–Crippen MR) is 54.2 cm³/mol. The highest BCUT2D eigenvalue weighted by molar-refractivity contribution is 6.28. The highest BCUT2D eigenvalue weighted by atomic mass is 35.5. The van der Waals surface area contributed by atoms with Gasteiger partial charge in [0.25, 0.3) is 0 Å². The van der Waals surface area contributed by atoms with E-state index in [9.17, 15) is 0 Å². The fourth-order valence-electron chi connectivity index (χ4n) is 1.02. The summed E-state index contributed by atoms with van der Waals surface area (Å²) in [6.07, 6.45) is 0. The molecule has 0 spiro atoms. The number of halogens is 1. The Morgan fingerprint density at radius 3 is 2.64 bits per heavy atom. The van der Waals surface area contributed by atoms with Crippen molar-refractivity contribution in [1.82, 2.24) is 15.0 Å². The molecular formula is C7H12ClN5O. The van der Waals surface area contributed by atoms with Crippen LogP contribution in [0.15, 0.2) is 0 Å². The van der Waals surface area contributed by atoms with Crippen LogP contribution in [0.2, 0.25) is 5.28 Å². The largest absolute Gasteiger partial charge is 0.395 e. The molecule has 78 valence electrons. The summed E-state index contributed by atoms with van der Waals surface area (Å²) in [7, 11) is 0. The third-order valence-corrected chi connectivity index (χ3v) is 1.82. The molecule has 0 saturated carbocycles. The Balaban J connectivity index is 2.91. The molecule has 0 fully saturated rings. The summed E-state index contributed by atoms with van der Waals surface area (Å²) in [6, 6.07) is 0. The van der Waals surface area contributed by atoms with Crippen LogP contribution in [0.4, 0.5) is 11.9 Å². The molecule has 0 atom stereocenters. The number of aromatic nitrogens is 3. The minimum absolute atomic E-state index is 0.0248. The second kappa shape index (κ2) is 4.92. The molecule has 0 aliphatic heterocycles. The summed E-state index contributed by atoms with van der Waals surface area (Å²) in [6.45, 7) is 3.05. The van der Waals surface area contributed by atoms with E-state index in [0.717, 1.165) is 0 Å². The summed E-state index contributed by atoms with van der Waals surface area (Å²) in [5.41, 5.74) is 5.41. The van der Waals surface area contributed by atoms with Crippen LogP contribution in [0.25, 0.3) is 0 Å². The third-order valence-electron chi connectivity index (χ3n) is 1.65. The van der Waals surface area contributed by atoms with Gasteiger partial charge in [-0.15, -0.1) is 0 Å². The van der Waals surface area contributed by atoms with Crippen LogP contribution in [0.3, 0.4) is 0 Å². The molecule has 7 heteroatoms. The molecule has 1 aromatic rings. The van der Waals surface area contributed by atoms with Crippen molar-refractivity contribution >= 4 is 23.5 Å². The Labute approximate surface area is 86.7 Å². The molecule has 6 nitrogen and oxygen atoms in total. The lowest BCUT2D eigenvalue weighted by atomic mass is 10.5. The van der Waals surface area contributed by atoms with Crippen molar-refractivity contribution in [3.05, 3.63) is 5.28 Å². The van der Waals surface area contributed by atoms with Crippen LogP contribution in [0.5, 0.6) is 0 Å². The average Bonchev–Trinajstić information content (AvgIpc) is 2.12. The van der Waals surface area contributed by atoms with E-state index in [4.69, 9.17) is 22.4 Å². The molecule has 0 aromatic carbocycles. The van der Waals surface area contributed by atoms with E-state index in [1.807, 2.05) is 6.92 Å². The maximum Gasteiger partial charge on any atom is 0.231 e. The minimum Gasteiger partial charge on any atom is -0.395 e. The Kier molecular flexibility index (Phi) is 3.84. The van der Waals surface area contributed by atoms with Crippen molar-refractivity contribution in [1.29, 1.82) is 0 Å². The van der Waals surface area contributed by atoms with E-state index < -0.39 is 0 Å². The average molecular weight is 218 g/mol. The van der Waals surface area contributed by atoms with Gasteiger partial charge in [0, 0.05) is 13.1 Å². The third kappa shape index (κ3) is 2.68. The molecule has 0 aliphatic carbocycles. The van der Waals surface area contributed by atoms with Crippen molar-refractivity contribution in [3.63, 3.8) is 0 Å². The zero-order chi connectivity index (χ0) is 10.6. The number of rotatable bonds is 4. The number of anilines is 2. The molecule has 0 amide bonds. The van der Waals surface area contributed by atoms with E-state index in [2.05, 4.69) is 15.0 Å². The number of nitrogens with two attached hydrogens (primary N) is 1. The van der Waals surface area contributed by atoms with Crippen LogP contribution < -0.4 is 10.6 Å². The molecule has 3 N–H and O–H groups in total. The number of hydrogen-bond donors (Lipinski definition) is 2. The summed E-state index contributed by atoms with van der Waals surface area (Å²) in [4.78, 5) is 13.2. The fourth-order valence-corrected chi connectivity index (χ4v) is 1.18. The molecule has 1 heterocycles. The number of aliphatic hydroxyl groups is 1. The van der Waals surface area contributed by atoms with E-state index in [0.29, 0.717) is 19.0 Å². The molecule has 0 saturated heterocycles. The van der Waals surface area contributed by atoms with Gasteiger partial charge in [0.15, 0.2) is 0 Å². The summed E-state index contributed by atoms with van der Waals surface area (Å²) >= 11 is 5.62. The Morgan fingerprint density at radius 1 is 1.43 bits per heavy atom. The first-order chi connectivity index (χ1) is 6.67. The second-order valence-corrected chi connectivity index (χ2v) is 2.90. The van der Waals surface area contributed by atoms with Gasteiger partial charge in [0.2, 0.25) is 17.2 Å². The number of likely N-dealkylation sites (N-methyl/N-ethyl adjacent to an activating group) is 1. The first kappa shape index (κ1) is 10.9. The van der Waals surface area contributed by atoms with Crippen LogP contribution in [-0.4, -0.2) is 39.8 Å². The van der Waals surface area contributed by atoms with Gasteiger partial charge in [-0.2, -0.15) is 15.0 Å². The zero-order valence-electron chi connectivity index (χ0n) is 7.81. The maximum atomic E-state index is 8.79. The van der Waals surface area contributed by atoms with Gasteiger partial charge in [-0.1, -0.05) is 0 Å². The van der Waals surface area contributed by atoms with Gasteiger partial charge in [-0.05, 0) is 18.5 Å². The van der Waals surface area contributed by atoms with Crippen molar-refractivity contribution in [2.45, 2.75) is 6.92 Å². The number of nitrogen functional groups attached to an aromatic ring is 1. The normalized spacial score (nSPS) is 10.2. The summed E-state index contributed by atoms with van der Waals surface area (Å²) < 4.78 is 0. The zero-order valence-corrected chi connectivity index (χ0v) is 8.57. The van der Waals surface area contributed by atoms with Gasteiger partial charge >= 0.3 is 0 Å². The predicted octanol–water partition coefficient (Wildman–Crippen LogP) is -0.0742. The van der Waals surface area contributed by atoms with Gasteiger partial charge in [-0.3, -0.25) is 0 Å². The summed E-state index contributed by atoms with van der Waals surface area (Å²) in [5, 5.41) is 8.85. The molecular weight excluding hydrogens is 206 g/mol. The lowest BCUT2D eigenvalue weighted by Crippen LogP contribution is -2.28. The smallest absolute Gasteiger partial charge is 0.231 e. The molecule has 14 heavy (non-hydrogen) atoms. The Bertz CT molecular complexity index is 288. The van der Waals surface area contributed by atoms with E-state index >= 15 is 0 Å². The van der Waals surface area contributed by atoms with Crippen molar-refractivity contribution in [2.24, 2.45) is 0 Å². The topological polar surface area (TPSA) is 88.2 Å².